The summed E-state index contributed by atoms with van der Waals surface area (Å²) in [5.74, 6) is 0. The zero-order valence-corrected chi connectivity index (χ0v) is 12.4. The lowest BCUT2D eigenvalue weighted by molar-refractivity contribution is 0.185. The van der Waals surface area contributed by atoms with Gasteiger partial charge in [0.15, 0.2) is 0 Å². The molecule has 102 valence electrons. The highest BCUT2D eigenvalue weighted by Crippen LogP contribution is 2.30. The number of benzene rings is 1. The minimum atomic E-state index is 0.152. The first-order valence-electron chi connectivity index (χ1n) is 6.81. The number of carbonyl (C=O) groups excluding carboxylic acids is 1. The molecule has 2 amide bonds. The normalized spacial score (nSPS) is 21.2. The van der Waals surface area contributed by atoms with Crippen LogP contribution in [-0.2, 0) is 0 Å². The Hall–Kier alpha value is -1.07. The first-order valence-corrected chi connectivity index (χ1v) is 7.60. The molecule has 0 aromatic heterocycles. The predicted octanol–water partition coefficient (Wildman–Crippen LogP) is 2.44. The van der Waals surface area contributed by atoms with Crippen LogP contribution in [0.15, 0.2) is 28.7 Å². The molecular weight excluding hydrogens is 306 g/mol. The number of urea groups is 1. The quantitative estimate of drug-likeness (QED) is 0.907. The van der Waals surface area contributed by atoms with Crippen molar-refractivity contribution in [2.75, 3.05) is 31.1 Å². The van der Waals surface area contributed by atoms with E-state index in [4.69, 9.17) is 0 Å². The van der Waals surface area contributed by atoms with E-state index in [9.17, 15) is 4.79 Å². The molecule has 1 aromatic rings. The Bertz CT molecular complexity index is 474. The van der Waals surface area contributed by atoms with Crippen molar-refractivity contribution in [2.45, 2.75) is 18.9 Å². The molecule has 5 heteroatoms. The molecule has 4 nitrogen and oxygen atoms in total. The van der Waals surface area contributed by atoms with Crippen molar-refractivity contribution in [1.82, 2.24) is 10.2 Å². The van der Waals surface area contributed by atoms with E-state index < -0.39 is 0 Å². The number of nitrogens with zero attached hydrogens (tertiary/aromatic N) is 2. The lowest BCUT2D eigenvalue weighted by Crippen LogP contribution is -2.45. The summed E-state index contributed by atoms with van der Waals surface area (Å²) in [6.07, 6.45) is 2.13. The fraction of sp³-hybridized carbons (Fsp3) is 0.500. The molecule has 19 heavy (non-hydrogen) atoms. The van der Waals surface area contributed by atoms with Gasteiger partial charge in [-0.2, -0.15) is 0 Å². The summed E-state index contributed by atoms with van der Waals surface area (Å²) in [4.78, 5) is 16.5. The third-order valence-corrected chi connectivity index (χ3v) is 4.60. The molecule has 0 bridgehead atoms. The summed E-state index contributed by atoms with van der Waals surface area (Å²) in [5.41, 5.74) is 0.976. The Kier molecular flexibility index (Phi) is 3.75. The second kappa shape index (κ2) is 5.51. The molecule has 2 aliphatic heterocycles. The fourth-order valence-electron chi connectivity index (χ4n) is 2.91. The van der Waals surface area contributed by atoms with Crippen molar-refractivity contribution in [3.63, 3.8) is 0 Å². The minimum absolute atomic E-state index is 0.152. The standard InChI is InChI=1S/C14H18BrN3O/c15-12-3-1-2-4-13(12)18-10-9-17(14(18)19)11-5-7-16-8-6-11/h1-4,11,16H,5-10H2. The van der Waals surface area contributed by atoms with E-state index in [1.807, 2.05) is 34.1 Å². The molecule has 0 spiro atoms. The number of hydrogen-bond donors (Lipinski definition) is 1. The van der Waals surface area contributed by atoms with Gasteiger partial charge in [0.25, 0.3) is 0 Å². The summed E-state index contributed by atoms with van der Waals surface area (Å²) in [6, 6.07) is 8.48. The van der Waals surface area contributed by atoms with Crippen LogP contribution in [0.2, 0.25) is 0 Å². The van der Waals surface area contributed by atoms with Gasteiger partial charge >= 0.3 is 6.03 Å². The molecule has 2 heterocycles. The summed E-state index contributed by atoms with van der Waals surface area (Å²) in [7, 11) is 0. The first-order chi connectivity index (χ1) is 9.27. The maximum atomic E-state index is 12.6. The van der Waals surface area contributed by atoms with Crippen LogP contribution in [0, 0.1) is 0 Å². The third kappa shape index (κ3) is 2.49. The highest BCUT2D eigenvalue weighted by molar-refractivity contribution is 9.10. The molecular formula is C14H18BrN3O. The number of anilines is 1. The van der Waals surface area contributed by atoms with E-state index in [1.165, 1.54) is 0 Å². The van der Waals surface area contributed by atoms with Gasteiger partial charge in [0, 0.05) is 23.6 Å². The van der Waals surface area contributed by atoms with Gasteiger partial charge in [-0.05, 0) is 54.0 Å². The van der Waals surface area contributed by atoms with Crippen molar-refractivity contribution in [3.05, 3.63) is 28.7 Å². The summed E-state index contributed by atoms with van der Waals surface area (Å²) < 4.78 is 0.982. The van der Waals surface area contributed by atoms with Crippen LogP contribution in [0.4, 0.5) is 10.5 Å². The molecule has 2 fully saturated rings. The van der Waals surface area contributed by atoms with Gasteiger partial charge in [0.05, 0.1) is 5.69 Å². The number of halogens is 1. The first kappa shape index (κ1) is 12.9. The van der Waals surface area contributed by atoms with Crippen molar-refractivity contribution < 1.29 is 4.79 Å². The molecule has 1 N–H and O–H groups in total. The second-order valence-electron chi connectivity index (χ2n) is 5.06. The second-order valence-corrected chi connectivity index (χ2v) is 5.91. The number of para-hydroxylation sites is 1. The minimum Gasteiger partial charge on any atom is -0.319 e. The Morgan fingerprint density at radius 3 is 2.63 bits per heavy atom. The maximum Gasteiger partial charge on any atom is 0.324 e. The Labute approximate surface area is 121 Å². The van der Waals surface area contributed by atoms with E-state index >= 15 is 0 Å². The zero-order valence-electron chi connectivity index (χ0n) is 10.8. The average Bonchev–Trinajstić information content (AvgIpc) is 2.82. The lowest BCUT2D eigenvalue weighted by Gasteiger charge is -2.31. The Morgan fingerprint density at radius 1 is 1.16 bits per heavy atom. The molecule has 0 radical (unpaired) electrons. The Morgan fingerprint density at radius 2 is 1.89 bits per heavy atom. The Balaban J connectivity index is 1.76. The van der Waals surface area contributed by atoms with Crippen LogP contribution in [0.25, 0.3) is 0 Å². The van der Waals surface area contributed by atoms with E-state index in [2.05, 4.69) is 21.2 Å². The van der Waals surface area contributed by atoms with Crippen LogP contribution in [0.1, 0.15) is 12.8 Å². The smallest absolute Gasteiger partial charge is 0.319 e. The van der Waals surface area contributed by atoms with E-state index in [0.717, 1.165) is 49.2 Å². The van der Waals surface area contributed by atoms with Crippen molar-refractivity contribution in [1.29, 1.82) is 0 Å². The van der Waals surface area contributed by atoms with Crippen LogP contribution in [0.5, 0.6) is 0 Å². The summed E-state index contributed by atoms with van der Waals surface area (Å²) in [6.45, 7) is 3.66. The SMILES string of the molecule is O=C1N(c2ccccc2Br)CCN1C1CCNCC1. The third-order valence-electron chi connectivity index (χ3n) is 3.93. The number of piperidine rings is 1. The highest BCUT2D eigenvalue weighted by atomic mass is 79.9. The van der Waals surface area contributed by atoms with Gasteiger partial charge < -0.3 is 10.2 Å². The molecule has 2 aliphatic rings. The monoisotopic (exact) mass is 323 g/mol. The fourth-order valence-corrected chi connectivity index (χ4v) is 3.40. The van der Waals surface area contributed by atoms with Gasteiger partial charge in [-0.15, -0.1) is 0 Å². The molecule has 0 atom stereocenters. The van der Waals surface area contributed by atoms with Crippen LogP contribution in [-0.4, -0.2) is 43.2 Å². The summed E-state index contributed by atoms with van der Waals surface area (Å²) in [5, 5.41) is 3.35. The molecule has 3 rings (SSSR count). The number of rotatable bonds is 2. The van der Waals surface area contributed by atoms with Crippen LogP contribution < -0.4 is 10.2 Å². The topological polar surface area (TPSA) is 35.6 Å². The van der Waals surface area contributed by atoms with Crippen LogP contribution >= 0.6 is 15.9 Å². The lowest BCUT2D eigenvalue weighted by atomic mass is 10.1. The highest BCUT2D eigenvalue weighted by Gasteiger charge is 2.35. The van der Waals surface area contributed by atoms with Crippen molar-refractivity contribution in [3.8, 4) is 0 Å². The number of carbonyl (C=O) groups is 1. The zero-order chi connectivity index (χ0) is 13.2. The molecule has 1 aromatic carbocycles. The van der Waals surface area contributed by atoms with Crippen molar-refractivity contribution in [2.24, 2.45) is 0 Å². The molecule has 0 saturated carbocycles. The van der Waals surface area contributed by atoms with E-state index in [1.54, 1.807) is 0 Å². The molecule has 0 aliphatic carbocycles. The number of nitrogens with one attached hydrogen (secondary N) is 1. The largest absolute Gasteiger partial charge is 0.324 e. The van der Waals surface area contributed by atoms with Gasteiger partial charge in [-0.3, -0.25) is 4.90 Å². The van der Waals surface area contributed by atoms with Crippen LogP contribution in [0.3, 0.4) is 0 Å². The van der Waals surface area contributed by atoms with Gasteiger partial charge in [0.2, 0.25) is 0 Å². The predicted molar refractivity (Wildman–Crippen MR) is 79.5 cm³/mol. The maximum absolute atomic E-state index is 12.6. The van der Waals surface area contributed by atoms with Gasteiger partial charge in [-0.1, -0.05) is 12.1 Å². The van der Waals surface area contributed by atoms with Crippen molar-refractivity contribution >= 4 is 27.6 Å². The number of amides is 2. The van der Waals surface area contributed by atoms with E-state index in [-0.39, 0.29) is 6.03 Å². The van der Waals surface area contributed by atoms with E-state index in [0.29, 0.717) is 6.04 Å². The molecule has 2 saturated heterocycles. The average molecular weight is 324 g/mol. The van der Waals surface area contributed by atoms with Gasteiger partial charge in [0.1, 0.15) is 0 Å². The number of hydrogen-bond acceptors (Lipinski definition) is 2. The van der Waals surface area contributed by atoms with Gasteiger partial charge in [-0.25, -0.2) is 4.79 Å². The molecule has 0 unspecified atom stereocenters. The summed E-state index contributed by atoms with van der Waals surface area (Å²) >= 11 is 3.53.